The Morgan fingerprint density at radius 1 is 1.30 bits per heavy atom. The minimum atomic E-state index is -0.972. The summed E-state index contributed by atoms with van der Waals surface area (Å²) in [5.41, 5.74) is 1.45. The first-order chi connectivity index (χ1) is 9.65. The van der Waals surface area contributed by atoms with Gasteiger partial charge < -0.3 is 15.0 Å². The van der Waals surface area contributed by atoms with Crippen LogP contribution < -0.4 is 0 Å². The zero-order valence-corrected chi connectivity index (χ0v) is 11.0. The molecule has 1 saturated carbocycles. The van der Waals surface area contributed by atoms with E-state index in [9.17, 15) is 9.59 Å². The molecule has 5 nitrogen and oxygen atoms in total. The predicted octanol–water partition coefficient (Wildman–Crippen LogP) is 2.10. The van der Waals surface area contributed by atoms with Crippen LogP contribution in [0.3, 0.4) is 0 Å². The molecule has 5 heteroatoms. The molecule has 1 aliphatic carbocycles. The van der Waals surface area contributed by atoms with E-state index in [-0.39, 0.29) is 12.5 Å². The molecule has 0 atom stereocenters. The van der Waals surface area contributed by atoms with Gasteiger partial charge in [-0.2, -0.15) is 0 Å². The molecule has 1 aromatic heterocycles. The lowest BCUT2D eigenvalue weighted by Gasteiger charge is -2.21. The Kier molecular flexibility index (Phi) is 3.18. The first-order valence-electron chi connectivity index (χ1n) is 6.72. The highest BCUT2D eigenvalue weighted by Gasteiger charge is 2.29. The highest BCUT2D eigenvalue weighted by molar-refractivity contribution is 6.07. The number of aromatic nitrogens is 1. The third-order valence-corrected chi connectivity index (χ3v) is 3.61. The number of carboxylic acids is 1. The summed E-state index contributed by atoms with van der Waals surface area (Å²) < 4.78 is 0. The zero-order valence-electron chi connectivity index (χ0n) is 11.0. The Labute approximate surface area is 116 Å². The number of nitrogens with zero attached hydrogens (tertiary/aromatic N) is 1. The smallest absolute Gasteiger partial charge is 0.323 e. The van der Waals surface area contributed by atoms with Gasteiger partial charge in [0.05, 0.1) is 0 Å². The lowest BCUT2D eigenvalue weighted by Crippen LogP contribution is -2.37. The van der Waals surface area contributed by atoms with Gasteiger partial charge in [0.1, 0.15) is 6.54 Å². The van der Waals surface area contributed by atoms with E-state index < -0.39 is 5.97 Å². The van der Waals surface area contributed by atoms with Gasteiger partial charge in [0.25, 0.3) is 5.91 Å². The molecule has 1 fully saturated rings. The largest absolute Gasteiger partial charge is 0.480 e. The second-order valence-corrected chi connectivity index (χ2v) is 5.27. The Morgan fingerprint density at radius 2 is 2.10 bits per heavy atom. The molecule has 0 unspecified atom stereocenters. The van der Waals surface area contributed by atoms with E-state index in [1.807, 2.05) is 18.2 Å². The first-order valence-corrected chi connectivity index (χ1v) is 6.72. The number of aromatic amines is 1. The van der Waals surface area contributed by atoms with Crippen LogP contribution in [0.5, 0.6) is 0 Å². The van der Waals surface area contributed by atoms with E-state index >= 15 is 0 Å². The zero-order chi connectivity index (χ0) is 14.1. The molecule has 0 bridgehead atoms. The summed E-state index contributed by atoms with van der Waals surface area (Å²) in [6.45, 7) is 0.294. The Bertz CT molecular complexity index is 658. The van der Waals surface area contributed by atoms with E-state index in [1.165, 1.54) is 4.90 Å². The number of carbonyl (C=O) groups is 2. The number of rotatable bonds is 5. The lowest BCUT2D eigenvalue weighted by molar-refractivity contribution is -0.137. The summed E-state index contributed by atoms with van der Waals surface area (Å²) in [6.07, 6.45) is 3.94. The number of carboxylic acid groups (broad SMARTS) is 1. The Balaban J connectivity index is 1.91. The van der Waals surface area contributed by atoms with Crippen molar-refractivity contribution in [2.24, 2.45) is 5.92 Å². The molecule has 0 saturated heterocycles. The summed E-state index contributed by atoms with van der Waals surface area (Å²) in [5.74, 6) is -0.714. The Hall–Kier alpha value is -2.30. The van der Waals surface area contributed by atoms with Crippen molar-refractivity contribution in [2.75, 3.05) is 13.1 Å². The molecule has 1 heterocycles. The minimum absolute atomic E-state index is 0.204. The van der Waals surface area contributed by atoms with Gasteiger partial charge in [-0.1, -0.05) is 6.07 Å². The number of H-pyrrole nitrogens is 1. The molecule has 104 valence electrons. The van der Waals surface area contributed by atoms with Crippen LogP contribution in [-0.2, 0) is 4.79 Å². The number of nitrogens with one attached hydrogen (secondary N) is 1. The number of hydrogen-bond donors (Lipinski definition) is 2. The highest BCUT2D eigenvalue weighted by Crippen LogP contribution is 2.30. The number of amides is 1. The van der Waals surface area contributed by atoms with Crippen LogP contribution in [0.2, 0.25) is 0 Å². The number of benzene rings is 1. The molecule has 2 N–H and O–H groups in total. The van der Waals surface area contributed by atoms with Gasteiger partial charge in [-0.3, -0.25) is 9.59 Å². The van der Waals surface area contributed by atoms with Crippen molar-refractivity contribution in [3.8, 4) is 0 Å². The molecular weight excluding hydrogens is 256 g/mol. The van der Waals surface area contributed by atoms with Gasteiger partial charge in [-0.05, 0) is 37.0 Å². The Morgan fingerprint density at radius 3 is 2.80 bits per heavy atom. The SMILES string of the molecule is O=C(O)CN(CC1CC1)C(=O)c1cccc2[nH]ccc12. The van der Waals surface area contributed by atoms with Crippen molar-refractivity contribution in [1.82, 2.24) is 9.88 Å². The maximum atomic E-state index is 12.6. The lowest BCUT2D eigenvalue weighted by atomic mass is 10.1. The molecule has 0 radical (unpaired) electrons. The number of fused-ring (bicyclic) bond motifs is 1. The summed E-state index contributed by atoms with van der Waals surface area (Å²) in [6, 6.07) is 7.30. The van der Waals surface area contributed by atoms with Crippen molar-refractivity contribution >= 4 is 22.8 Å². The molecule has 2 aromatic rings. The van der Waals surface area contributed by atoms with Gasteiger partial charge in [0, 0.05) is 29.2 Å². The summed E-state index contributed by atoms with van der Waals surface area (Å²) in [7, 11) is 0. The van der Waals surface area contributed by atoms with Crippen LogP contribution in [0, 0.1) is 5.92 Å². The van der Waals surface area contributed by atoms with Gasteiger partial charge in [-0.25, -0.2) is 0 Å². The monoisotopic (exact) mass is 272 g/mol. The van der Waals surface area contributed by atoms with Gasteiger partial charge >= 0.3 is 5.97 Å². The normalized spacial score (nSPS) is 14.4. The van der Waals surface area contributed by atoms with Crippen LogP contribution >= 0.6 is 0 Å². The van der Waals surface area contributed by atoms with Gasteiger partial charge in [-0.15, -0.1) is 0 Å². The molecule has 1 amide bonds. The van der Waals surface area contributed by atoms with Crippen LogP contribution in [0.1, 0.15) is 23.2 Å². The van der Waals surface area contributed by atoms with E-state index in [1.54, 1.807) is 12.3 Å². The van der Waals surface area contributed by atoms with Crippen molar-refractivity contribution in [3.63, 3.8) is 0 Å². The van der Waals surface area contributed by atoms with E-state index in [4.69, 9.17) is 5.11 Å². The van der Waals surface area contributed by atoms with Crippen molar-refractivity contribution in [1.29, 1.82) is 0 Å². The molecule has 1 aliphatic rings. The molecule has 0 aliphatic heterocycles. The van der Waals surface area contributed by atoms with Gasteiger partial charge in [0.2, 0.25) is 0 Å². The van der Waals surface area contributed by atoms with Crippen molar-refractivity contribution in [3.05, 3.63) is 36.0 Å². The maximum Gasteiger partial charge on any atom is 0.323 e. The molecule has 3 rings (SSSR count). The third kappa shape index (κ3) is 2.52. The fourth-order valence-corrected chi connectivity index (χ4v) is 2.44. The third-order valence-electron chi connectivity index (χ3n) is 3.61. The predicted molar refractivity (Wildman–Crippen MR) is 74.6 cm³/mol. The van der Waals surface area contributed by atoms with Crippen molar-refractivity contribution < 1.29 is 14.7 Å². The fourth-order valence-electron chi connectivity index (χ4n) is 2.44. The standard InChI is InChI=1S/C15H16N2O3/c18-14(19)9-17(8-10-4-5-10)15(20)12-2-1-3-13-11(12)6-7-16-13/h1-3,6-7,10,16H,4-5,8-9H2,(H,18,19). The number of hydrogen-bond acceptors (Lipinski definition) is 2. The molecule has 1 aromatic carbocycles. The maximum absolute atomic E-state index is 12.6. The summed E-state index contributed by atoms with van der Waals surface area (Å²) >= 11 is 0. The van der Waals surface area contributed by atoms with Crippen LogP contribution in [0.4, 0.5) is 0 Å². The number of carbonyl (C=O) groups excluding carboxylic acids is 1. The van der Waals surface area contributed by atoms with E-state index in [0.29, 0.717) is 18.0 Å². The topological polar surface area (TPSA) is 73.4 Å². The van der Waals surface area contributed by atoms with Gasteiger partial charge in [0.15, 0.2) is 0 Å². The average Bonchev–Trinajstić information content (AvgIpc) is 3.10. The first kappa shape index (κ1) is 12.7. The van der Waals surface area contributed by atoms with E-state index in [0.717, 1.165) is 23.7 Å². The second kappa shape index (κ2) is 5.00. The number of aliphatic carboxylic acids is 1. The van der Waals surface area contributed by atoms with Crippen molar-refractivity contribution in [2.45, 2.75) is 12.8 Å². The fraction of sp³-hybridized carbons (Fsp3) is 0.333. The van der Waals surface area contributed by atoms with Crippen LogP contribution in [0.25, 0.3) is 10.9 Å². The van der Waals surface area contributed by atoms with E-state index in [2.05, 4.69) is 4.98 Å². The average molecular weight is 272 g/mol. The summed E-state index contributed by atoms with van der Waals surface area (Å²) in [4.78, 5) is 28.1. The minimum Gasteiger partial charge on any atom is -0.480 e. The highest BCUT2D eigenvalue weighted by atomic mass is 16.4. The van der Waals surface area contributed by atoms with Crippen LogP contribution in [0.15, 0.2) is 30.5 Å². The second-order valence-electron chi connectivity index (χ2n) is 5.27. The molecule has 20 heavy (non-hydrogen) atoms. The molecule has 0 spiro atoms. The summed E-state index contributed by atoms with van der Waals surface area (Å²) in [5, 5.41) is 9.82. The molecular formula is C15H16N2O3. The van der Waals surface area contributed by atoms with Crippen LogP contribution in [-0.4, -0.2) is 40.0 Å². The quantitative estimate of drug-likeness (QED) is 0.875.